The second-order valence-electron chi connectivity index (χ2n) is 9.00. The van der Waals surface area contributed by atoms with E-state index in [0.29, 0.717) is 19.5 Å². The van der Waals surface area contributed by atoms with E-state index in [9.17, 15) is 9.59 Å². The van der Waals surface area contributed by atoms with Crippen molar-refractivity contribution < 1.29 is 14.3 Å². The first-order chi connectivity index (χ1) is 13.7. The Hall–Kier alpha value is -2.56. The molecule has 2 amide bonds. The van der Waals surface area contributed by atoms with Gasteiger partial charge in [0.1, 0.15) is 5.60 Å². The summed E-state index contributed by atoms with van der Waals surface area (Å²) in [5.74, 6) is 0.246. The van der Waals surface area contributed by atoms with Gasteiger partial charge in [-0.25, -0.2) is 4.79 Å². The molecule has 5 nitrogen and oxygen atoms in total. The van der Waals surface area contributed by atoms with Crippen molar-refractivity contribution in [3.8, 4) is 0 Å². The van der Waals surface area contributed by atoms with Crippen LogP contribution in [-0.2, 0) is 16.0 Å². The number of hydrogen-bond donors (Lipinski definition) is 1. The SMILES string of the molecule is C[C@@H](NC(=O)Cc1cccc2ccccc12)[C@@H]1CCCN(C(=O)OC(C)(C)C)C1. The lowest BCUT2D eigenvalue weighted by atomic mass is 9.91. The van der Waals surface area contributed by atoms with Gasteiger partial charge in [0.05, 0.1) is 6.42 Å². The molecule has 29 heavy (non-hydrogen) atoms. The molecular weight excluding hydrogens is 364 g/mol. The summed E-state index contributed by atoms with van der Waals surface area (Å²) in [4.78, 5) is 26.9. The number of ether oxygens (including phenoxy) is 1. The Morgan fingerprint density at radius 1 is 1.17 bits per heavy atom. The highest BCUT2D eigenvalue weighted by Crippen LogP contribution is 2.23. The van der Waals surface area contributed by atoms with E-state index in [2.05, 4.69) is 23.5 Å². The molecule has 1 fully saturated rings. The number of likely N-dealkylation sites (tertiary alicyclic amines) is 1. The highest BCUT2D eigenvalue weighted by atomic mass is 16.6. The second-order valence-corrected chi connectivity index (χ2v) is 9.00. The Bertz CT molecular complexity index is 867. The molecule has 0 radical (unpaired) electrons. The highest BCUT2D eigenvalue weighted by molar-refractivity contribution is 5.90. The maximum atomic E-state index is 12.7. The zero-order valence-electron chi connectivity index (χ0n) is 17.9. The van der Waals surface area contributed by atoms with Crippen LogP contribution in [-0.4, -0.2) is 41.6 Å². The van der Waals surface area contributed by atoms with Crippen LogP contribution in [0.15, 0.2) is 42.5 Å². The fourth-order valence-electron chi connectivity index (χ4n) is 3.95. The molecule has 2 aromatic carbocycles. The van der Waals surface area contributed by atoms with Crippen LogP contribution < -0.4 is 5.32 Å². The molecule has 0 aliphatic carbocycles. The molecule has 156 valence electrons. The molecule has 0 aromatic heterocycles. The minimum absolute atomic E-state index is 0.00251. The highest BCUT2D eigenvalue weighted by Gasteiger charge is 2.30. The van der Waals surface area contributed by atoms with Crippen molar-refractivity contribution in [1.29, 1.82) is 0 Å². The van der Waals surface area contributed by atoms with Crippen LogP contribution in [0.1, 0.15) is 46.1 Å². The lowest BCUT2D eigenvalue weighted by Gasteiger charge is -2.36. The summed E-state index contributed by atoms with van der Waals surface area (Å²) < 4.78 is 5.51. The third kappa shape index (κ3) is 5.72. The van der Waals surface area contributed by atoms with Crippen LogP contribution >= 0.6 is 0 Å². The van der Waals surface area contributed by atoms with Crippen molar-refractivity contribution in [3.63, 3.8) is 0 Å². The number of nitrogens with zero attached hydrogens (tertiary/aromatic N) is 1. The molecule has 2 atom stereocenters. The third-order valence-electron chi connectivity index (χ3n) is 5.44. The summed E-state index contributed by atoms with van der Waals surface area (Å²) >= 11 is 0. The van der Waals surface area contributed by atoms with E-state index in [1.807, 2.05) is 52.0 Å². The molecule has 0 spiro atoms. The standard InChI is InChI=1S/C24H32N2O3/c1-17(20-12-8-14-26(16-20)23(28)29-24(2,3)4)25-22(27)15-19-11-7-10-18-9-5-6-13-21(18)19/h5-7,9-11,13,17,20H,8,12,14-16H2,1-4H3,(H,25,27)/t17-,20-/m1/s1. The lowest BCUT2D eigenvalue weighted by Crippen LogP contribution is -2.49. The predicted molar refractivity (Wildman–Crippen MR) is 116 cm³/mol. The number of hydrogen-bond acceptors (Lipinski definition) is 3. The van der Waals surface area contributed by atoms with Crippen LogP contribution in [0.5, 0.6) is 0 Å². The largest absolute Gasteiger partial charge is 0.444 e. The molecular formula is C24H32N2O3. The molecule has 1 aliphatic heterocycles. The zero-order chi connectivity index (χ0) is 21.0. The number of fused-ring (bicyclic) bond motifs is 1. The van der Waals surface area contributed by atoms with E-state index < -0.39 is 5.60 Å². The fraction of sp³-hybridized carbons (Fsp3) is 0.500. The van der Waals surface area contributed by atoms with Crippen molar-refractivity contribution in [2.45, 2.75) is 58.6 Å². The van der Waals surface area contributed by atoms with E-state index in [4.69, 9.17) is 4.74 Å². The van der Waals surface area contributed by atoms with Gasteiger partial charge in [0.2, 0.25) is 5.91 Å². The van der Waals surface area contributed by atoms with Crippen molar-refractivity contribution in [2.75, 3.05) is 13.1 Å². The molecule has 2 aromatic rings. The van der Waals surface area contributed by atoms with Crippen LogP contribution in [0.2, 0.25) is 0 Å². The maximum Gasteiger partial charge on any atom is 0.410 e. The van der Waals surface area contributed by atoms with Gasteiger partial charge in [0.15, 0.2) is 0 Å². The molecule has 1 saturated heterocycles. The average Bonchev–Trinajstić information content (AvgIpc) is 2.67. The summed E-state index contributed by atoms with van der Waals surface area (Å²) in [6.07, 6.45) is 2.01. The molecule has 1 aliphatic rings. The number of rotatable bonds is 4. The predicted octanol–water partition coefficient (Wildman–Crippen LogP) is 4.53. The monoisotopic (exact) mass is 396 g/mol. The van der Waals surface area contributed by atoms with E-state index >= 15 is 0 Å². The van der Waals surface area contributed by atoms with Gasteiger partial charge in [-0.2, -0.15) is 0 Å². The normalized spacial score (nSPS) is 18.3. The number of piperidine rings is 1. The summed E-state index contributed by atoms with van der Waals surface area (Å²) in [5.41, 5.74) is 0.536. The Balaban J connectivity index is 1.58. The molecule has 1 N–H and O–H groups in total. The van der Waals surface area contributed by atoms with Gasteiger partial charge in [-0.3, -0.25) is 4.79 Å². The molecule has 1 heterocycles. The molecule has 0 bridgehead atoms. The van der Waals surface area contributed by atoms with Gasteiger partial charge >= 0.3 is 6.09 Å². The fourth-order valence-corrected chi connectivity index (χ4v) is 3.95. The summed E-state index contributed by atoms with van der Waals surface area (Å²) in [7, 11) is 0. The number of carbonyl (C=O) groups excluding carboxylic acids is 2. The number of amides is 2. The van der Waals surface area contributed by atoms with Crippen LogP contribution in [0.4, 0.5) is 4.79 Å². The topological polar surface area (TPSA) is 58.6 Å². The summed E-state index contributed by atoms with van der Waals surface area (Å²) in [5, 5.41) is 5.41. The van der Waals surface area contributed by atoms with Crippen molar-refractivity contribution in [1.82, 2.24) is 10.2 Å². The Morgan fingerprint density at radius 2 is 1.90 bits per heavy atom. The molecule has 0 saturated carbocycles. The number of carbonyl (C=O) groups is 2. The van der Waals surface area contributed by atoms with Gasteiger partial charge in [-0.15, -0.1) is 0 Å². The quantitative estimate of drug-likeness (QED) is 0.826. The van der Waals surface area contributed by atoms with Gasteiger partial charge in [0.25, 0.3) is 0 Å². The smallest absolute Gasteiger partial charge is 0.410 e. The Kier molecular flexibility index (Phi) is 6.46. The van der Waals surface area contributed by atoms with E-state index in [1.165, 1.54) is 0 Å². The van der Waals surface area contributed by atoms with Gasteiger partial charge in [-0.1, -0.05) is 42.5 Å². The van der Waals surface area contributed by atoms with Crippen molar-refractivity contribution >= 4 is 22.8 Å². The first kappa shape index (κ1) is 21.2. The minimum atomic E-state index is -0.498. The molecule has 0 unspecified atom stereocenters. The number of benzene rings is 2. The average molecular weight is 397 g/mol. The van der Waals surface area contributed by atoms with Gasteiger partial charge in [0, 0.05) is 19.1 Å². The van der Waals surface area contributed by atoms with Gasteiger partial charge < -0.3 is 15.0 Å². The van der Waals surface area contributed by atoms with Crippen LogP contribution in [0.3, 0.4) is 0 Å². The minimum Gasteiger partial charge on any atom is -0.444 e. The maximum absolute atomic E-state index is 12.7. The van der Waals surface area contributed by atoms with Crippen molar-refractivity contribution in [3.05, 3.63) is 48.0 Å². The van der Waals surface area contributed by atoms with Crippen LogP contribution in [0.25, 0.3) is 10.8 Å². The molecule has 3 rings (SSSR count). The second kappa shape index (κ2) is 8.85. The molecule has 5 heteroatoms. The van der Waals surface area contributed by atoms with Gasteiger partial charge in [-0.05, 0) is 62.8 Å². The third-order valence-corrected chi connectivity index (χ3v) is 5.44. The first-order valence-corrected chi connectivity index (χ1v) is 10.5. The Labute approximate surface area is 173 Å². The van der Waals surface area contributed by atoms with Crippen LogP contribution in [0, 0.1) is 5.92 Å². The lowest BCUT2D eigenvalue weighted by molar-refractivity contribution is -0.121. The summed E-state index contributed by atoms with van der Waals surface area (Å²) in [6, 6.07) is 14.2. The van der Waals surface area contributed by atoms with E-state index in [0.717, 1.165) is 29.2 Å². The van der Waals surface area contributed by atoms with E-state index in [-0.39, 0.29) is 24.0 Å². The first-order valence-electron chi connectivity index (χ1n) is 10.5. The summed E-state index contributed by atoms with van der Waals surface area (Å²) in [6.45, 7) is 8.99. The van der Waals surface area contributed by atoms with Crippen molar-refractivity contribution in [2.24, 2.45) is 5.92 Å². The number of nitrogens with one attached hydrogen (secondary N) is 1. The Morgan fingerprint density at radius 3 is 2.66 bits per heavy atom. The zero-order valence-corrected chi connectivity index (χ0v) is 17.9. The van der Waals surface area contributed by atoms with E-state index in [1.54, 1.807) is 4.90 Å².